The van der Waals surface area contributed by atoms with Crippen LogP contribution >= 0.6 is 0 Å². The third kappa shape index (κ3) is 4.96. The largest absolute Gasteiger partial charge is 0.335 e. The molecule has 0 unspecified atom stereocenters. The molecule has 1 aliphatic heterocycles. The van der Waals surface area contributed by atoms with Crippen LogP contribution in [-0.2, 0) is 9.84 Å². The lowest BCUT2D eigenvalue weighted by Gasteiger charge is -2.27. The van der Waals surface area contributed by atoms with Crippen LogP contribution in [0.15, 0.2) is 30.3 Å². The molecule has 128 valence electrons. The fraction of sp³-hybridized carbons (Fsp3) is 0.588. The van der Waals surface area contributed by atoms with Gasteiger partial charge >= 0.3 is 6.03 Å². The van der Waals surface area contributed by atoms with E-state index < -0.39 is 9.84 Å². The van der Waals surface area contributed by atoms with Crippen molar-refractivity contribution in [3.63, 3.8) is 0 Å². The highest BCUT2D eigenvalue weighted by Gasteiger charge is 2.28. The molecule has 1 saturated heterocycles. The summed E-state index contributed by atoms with van der Waals surface area (Å²) < 4.78 is 23.6. The Morgan fingerprint density at radius 3 is 2.57 bits per heavy atom. The highest BCUT2D eigenvalue weighted by Crippen LogP contribution is 2.19. The van der Waals surface area contributed by atoms with Crippen LogP contribution in [0.1, 0.15) is 32.3 Å². The van der Waals surface area contributed by atoms with E-state index in [9.17, 15) is 13.2 Å². The molecule has 1 fully saturated rings. The van der Waals surface area contributed by atoms with Crippen molar-refractivity contribution in [2.24, 2.45) is 5.92 Å². The summed E-state index contributed by atoms with van der Waals surface area (Å²) in [6, 6.07) is 9.84. The first-order chi connectivity index (χ1) is 10.8. The smallest absolute Gasteiger partial charge is 0.317 e. The topological polar surface area (TPSA) is 66.5 Å². The van der Waals surface area contributed by atoms with E-state index in [2.05, 4.69) is 12.2 Å². The number of hydrogen-bond acceptors (Lipinski definition) is 3. The molecule has 0 spiro atoms. The maximum Gasteiger partial charge on any atom is 0.317 e. The van der Waals surface area contributed by atoms with Crippen LogP contribution in [0.5, 0.6) is 0 Å². The Labute approximate surface area is 139 Å². The second-order valence-electron chi connectivity index (χ2n) is 6.60. The predicted octanol–water partition coefficient (Wildman–Crippen LogP) is 2.25. The van der Waals surface area contributed by atoms with Gasteiger partial charge < -0.3 is 10.2 Å². The number of benzene rings is 1. The first kappa shape index (κ1) is 17.8. The van der Waals surface area contributed by atoms with Gasteiger partial charge in [0.1, 0.15) is 0 Å². The van der Waals surface area contributed by atoms with Gasteiger partial charge in [-0.25, -0.2) is 13.2 Å². The van der Waals surface area contributed by atoms with E-state index in [1.165, 1.54) is 5.56 Å². The van der Waals surface area contributed by atoms with Gasteiger partial charge in [0.2, 0.25) is 0 Å². The number of rotatable bonds is 3. The molecule has 23 heavy (non-hydrogen) atoms. The minimum absolute atomic E-state index is 0.0277. The van der Waals surface area contributed by atoms with Crippen LogP contribution in [0.25, 0.3) is 0 Å². The van der Waals surface area contributed by atoms with Crippen LogP contribution in [0, 0.1) is 5.92 Å². The van der Waals surface area contributed by atoms with Gasteiger partial charge in [-0.15, -0.1) is 0 Å². The van der Waals surface area contributed by atoms with Crippen molar-refractivity contribution in [1.29, 1.82) is 0 Å². The van der Waals surface area contributed by atoms with E-state index in [1.54, 1.807) is 4.90 Å². The quantitative estimate of drug-likeness (QED) is 0.919. The number of amides is 2. The fourth-order valence-corrected chi connectivity index (χ4v) is 4.56. The minimum atomic E-state index is -3.04. The normalized spacial score (nSPS) is 23.6. The van der Waals surface area contributed by atoms with E-state index in [0.717, 1.165) is 0 Å². The van der Waals surface area contributed by atoms with E-state index >= 15 is 0 Å². The summed E-state index contributed by atoms with van der Waals surface area (Å²) in [6.45, 7) is 6.69. The Balaban J connectivity index is 1.98. The van der Waals surface area contributed by atoms with Gasteiger partial charge in [0.15, 0.2) is 9.84 Å². The maximum absolute atomic E-state index is 12.5. The number of nitrogens with zero attached hydrogens (tertiary/aromatic N) is 1. The number of hydrogen-bond donors (Lipinski definition) is 1. The second-order valence-corrected chi connectivity index (χ2v) is 8.83. The molecule has 0 aromatic heterocycles. The average Bonchev–Trinajstić information content (AvgIpc) is 2.64. The molecule has 0 saturated carbocycles. The lowest BCUT2D eigenvalue weighted by atomic mass is 9.94. The van der Waals surface area contributed by atoms with Crippen molar-refractivity contribution >= 4 is 15.9 Å². The highest BCUT2D eigenvalue weighted by atomic mass is 32.2. The summed E-state index contributed by atoms with van der Waals surface area (Å²) in [6.07, 6.45) is 0. The predicted molar refractivity (Wildman–Crippen MR) is 92.2 cm³/mol. The van der Waals surface area contributed by atoms with Crippen LogP contribution < -0.4 is 5.32 Å². The van der Waals surface area contributed by atoms with Gasteiger partial charge in [-0.3, -0.25) is 0 Å². The van der Waals surface area contributed by atoms with E-state index in [-0.39, 0.29) is 42.0 Å². The molecule has 1 heterocycles. The zero-order valence-corrected chi connectivity index (χ0v) is 14.8. The second kappa shape index (κ2) is 7.34. The SMILES string of the molecule is C[C@@H]1CN(C(=O)N[C@H](C)[C@@H](C)c2ccccc2)CCS(=O)(=O)C1. The maximum atomic E-state index is 12.5. The first-order valence-electron chi connectivity index (χ1n) is 8.09. The lowest BCUT2D eigenvalue weighted by Crippen LogP contribution is -2.47. The number of nitrogens with one attached hydrogen (secondary N) is 1. The van der Waals surface area contributed by atoms with Crippen molar-refractivity contribution in [2.75, 3.05) is 24.6 Å². The van der Waals surface area contributed by atoms with Gasteiger partial charge in [0, 0.05) is 25.0 Å². The van der Waals surface area contributed by atoms with Crippen LogP contribution in [0.2, 0.25) is 0 Å². The van der Waals surface area contributed by atoms with E-state index in [1.807, 2.05) is 44.2 Å². The van der Waals surface area contributed by atoms with Crippen molar-refractivity contribution in [3.05, 3.63) is 35.9 Å². The summed E-state index contributed by atoms with van der Waals surface area (Å²) in [5.74, 6) is 0.364. The van der Waals surface area contributed by atoms with Gasteiger partial charge in [0.05, 0.1) is 11.5 Å². The monoisotopic (exact) mass is 338 g/mol. The Hall–Kier alpha value is -1.56. The summed E-state index contributed by atoms with van der Waals surface area (Å²) >= 11 is 0. The van der Waals surface area contributed by atoms with Crippen molar-refractivity contribution in [3.8, 4) is 0 Å². The molecule has 2 amide bonds. The van der Waals surface area contributed by atoms with Gasteiger partial charge in [-0.2, -0.15) is 0 Å². The lowest BCUT2D eigenvalue weighted by molar-refractivity contribution is 0.191. The van der Waals surface area contributed by atoms with Crippen molar-refractivity contribution in [2.45, 2.75) is 32.7 Å². The van der Waals surface area contributed by atoms with Gasteiger partial charge in [-0.1, -0.05) is 44.2 Å². The third-order valence-electron chi connectivity index (χ3n) is 4.46. The average molecular weight is 338 g/mol. The molecule has 1 aromatic rings. The molecular formula is C17H26N2O3S. The molecule has 1 aliphatic rings. The fourth-order valence-electron chi connectivity index (χ4n) is 2.93. The number of sulfone groups is 1. The first-order valence-corrected chi connectivity index (χ1v) is 9.91. The molecule has 1 N–H and O–H groups in total. The molecule has 0 radical (unpaired) electrons. The third-order valence-corrected chi connectivity index (χ3v) is 6.34. The number of urea groups is 1. The molecule has 3 atom stereocenters. The Bertz CT molecular complexity index is 630. The highest BCUT2D eigenvalue weighted by molar-refractivity contribution is 7.91. The number of carbonyl (C=O) groups is 1. The van der Waals surface area contributed by atoms with Crippen LogP contribution in [-0.4, -0.2) is 50.0 Å². The number of carbonyl (C=O) groups excluding carboxylic acids is 1. The molecule has 2 rings (SSSR count). The Kier molecular flexibility index (Phi) is 5.68. The van der Waals surface area contributed by atoms with Gasteiger partial charge in [-0.05, 0) is 18.4 Å². The van der Waals surface area contributed by atoms with Gasteiger partial charge in [0.25, 0.3) is 0 Å². The standard InChI is InChI=1S/C17H26N2O3S/c1-13-11-19(9-10-23(21,22)12-13)17(20)18-15(3)14(2)16-7-5-4-6-8-16/h4-8,13-15H,9-12H2,1-3H3,(H,18,20)/t13-,14-,15-/m1/s1. The Morgan fingerprint density at radius 1 is 1.26 bits per heavy atom. The van der Waals surface area contributed by atoms with Crippen molar-refractivity contribution < 1.29 is 13.2 Å². The zero-order valence-electron chi connectivity index (χ0n) is 14.0. The van der Waals surface area contributed by atoms with Crippen molar-refractivity contribution in [1.82, 2.24) is 10.2 Å². The van der Waals surface area contributed by atoms with Crippen LogP contribution in [0.3, 0.4) is 0 Å². The molecule has 0 aliphatic carbocycles. The van der Waals surface area contributed by atoms with Crippen LogP contribution in [0.4, 0.5) is 4.79 Å². The summed E-state index contributed by atoms with van der Waals surface area (Å²) in [5.41, 5.74) is 1.17. The Morgan fingerprint density at radius 2 is 1.91 bits per heavy atom. The molecular weight excluding hydrogens is 312 g/mol. The molecule has 1 aromatic carbocycles. The summed E-state index contributed by atoms with van der Waals surface area (Å²) in [7, 11) is -3.04. The van der Waals surface area contributed by atoms with E-state index in [4.69, 9.17) is 0 Å². The van der Waals surface area contributed by atoms with E-state index in [0.29, 0.717) is 6.54 Å². The molecule has 5 nitrogen and oxygen atoms in total. The minimum Gasteiger partial charge on any atom is -0.335 e. The summed E-state index contributed by atoms with van der Waals surface area (Å²) in [4.78, 5) is 14.1. The molecule has 0 bridgehead atoms. The molecule has 6 heteroatoms. The zero-order chi connectivity index (χ0) is 17.0. The summed E-state index contributed by atoms with van der Waals surface area (Å²) in [5, 5.41) is 3.02.